The number of ketones is 4. The number of hydrogen-bond acceptors (Lipinski definition) is 5. The number of hydrogen-bond donors (Lipinski definition) is 1. The Kier molecular flexibility index (Phi) is 4.05. The predicted molar refractivity (Wildman–Crippen MR) is 58.2 cm³/mol. The first-order chi connectivity index (χ1) is 7.99. The smallest absolute Gasteiger partial charge is 0.220 e. The van der Waals surface area contributed by atoms with Gasteiger partial charge in [0.25, 0.3) is 0 Å². The standard InChI is InChI=1S/C6H4O3.C6H4O2/c7-4-1-2-5(8)6(9)3-4;7-5-1-2-6(8)4-3-5/h1-3,9H;1-4H. The lowest BCUT2D eigenvalue weighted by molar-refractivity contribution is -0.116. The summed E-state index contributed by atoms with van der Waals surface area (Å²) in [6, 6.07) is 0. The van der Waals surface area contributed by atoms with E-state index in [0.717, 1.165) is 18.2 Å². The number of aliphatic hydroxyl groups excluding tert-OH is 1. The summed E-state index contributed by atoms with van der Waals surface area (Å²) in [4.78, 5) is 41.3. The van der Waals surface area contributed by atoms with E-state index < -0.39 is 11.5 Å². The van der Waals surface area contributed by atoms with Crippen LogP contribution in [-0.2, 0) is 19.2 Å². The highest BCUT2D eigenvalue weighted by Gasteiger charge is 2.09. The number of allylic oxidation sites excluding steroid dienone is 7. The fourth-order valence-electron chi connectivity index (χ4n) is 0.937. The molecule has 5 heteroatoms. The zero-order chi connectivity index (χ0) is 12.8. The Morgan fingerprint density at radius 1 is 0.647 bits per heavy atom. The molecule has 1 N–H and O–H groups in total. The number of rotatable bonds is 0. The molecule has 0 saturated carbocycles. The molecule has 0 aromatic rings. The van der Waals surface area contributed by atoms with Crippen molar-refractivity contribution >= 4 is 23.1 Å². The van der Waals surface area contributed by atoms with Crippen molar-refractivity contribution in [2.45, 2.75) is 0 Å². The van der Waals surface area contributed by atoms with Gasteiger partial charge in [-0.3, -0.25) is 19.2 Å². The van der Waals surface area contributed by atoms with E-state index in [4.69, 9.17) is 5.11 Å². The molecule has 5 nitrogen and oxygen atoms in total. The van der Waals surface area contributed by atoms with Crippen LogP contribution < -0.4 is 0 Å². The minimum Gasteiger partial charge on any atom is -0.504 e. The van der Waals surface area contributed by atoms with Gasteiger partial charge in [-0.15, -0.1) is 0 Å². The second-order valence-electron chi connectivity index (χ2n) is 3.10. The van der Waals surface area contributed by atoms with Crippen LogP contribution in [0.4, 0.5) is 0 Å². The number of carbonyl (C=O) groups excluding carboxylic acids is 4. The molecule has 0 aromatic heterocycles. The highest BCUT2D eigenvalue weighted by Crippen LogP contribution is 1.99. The first kappa shape index (κ1) is 12.5. The molecule has 0 aliphatic heterocycles. The Morgan fingerprint density at radius 3 is 1.41 bits per heavy atom. The van der Waals surface area contributed by atoms with E-state index >= 15 is 0 Å². The second kappa shape index (κ2) is 5.50. The van der Waals surface area contributed by atoms with Crippen molar-refractivity contribution in [3.05, 3.63) is 48.3 Å². The molecule has 17 heavy (non-hydrogen) atoms. The quantitative estimate of drug-likeness (QED) is 0.610. The molecule has 2 aliphatic carbocycles. The Hall–Kier alpha value is -2.56. The van der Waals surface area contributed by atoms with Crippen LogP contribution in [0.2, 0.25) is 0 Å². The van der Waals surface area contributed by atoms with Crippen molar-refractivity contribution in [1.29, 1.82) is 0 Å². The van der Waals surface area contributed by atoms with Gasteiger partial charge in [0.2, 0.25) is 5.78 Å². The van der Waals surface area contributed by atoms with E-state index in [1.54, 1.807) is 0 Å². The van der Waals surface area contributed by atoms with Crippen molar-refractivity contribution in [3.8, 4) is 0 Å². The van der Waals surface area contributed by atoms with Gasteiger partial charge in [-0.05, 0) is 36.5 Å². The summed E-state index contributed by atoms with van der Waals surface area (Å²) in [5.41, 5.74) is 0. The van der Waals surface area contributed by atoms with E-state index in [2.05, 4.69) is 0 Å². The molecule has 0 unspecified atom stereocenters. The van der Waals surface area contributed by atoms with Crippen LogP contribution in [0.5, 0.6) is 0 Å². The van der Waals surface area contributed by atoms with Gasteiger partial charge in [0.05, 0.1) is 0 Å². The molecule has 0 saturated heterocycles. The van der Waals surface area contributed by atoms with Crippen LogP contribution in [0.15, 0.2) is 48.3 Å². The average Bonchev–Trinajstić information content (AvgIpc) is 2.29. The monoisotopic (exact) mass is 232 g/mol. The van der Waals surface area contributed by atoms with Crippen molar-refractivity contribution < 1.29 is 24.3 Å². The predicted octanol–water partition coefficient (Wildman–Crippen LogP) is 0.387. The molecule has 0 aromatic carbocycles. The van der Waals surface area contributed by atoms with Gasteiger partial charge >= 0.3 is 0 Å². The number of carbonyl (C=O) groups is 4. The molecule has 0 spiro atoms. The summed E-state index contributed by atoms with van der Waals surface area (Å²) in [7, 11) is 0. The molecule has 0 atom stereocenters. The maximum Gasteiger partial charge on any atom is 0.220 e. The summed E-state index contributed by atoms with van der Waals surface area (Å²) in [5, 5.41) is 8.59. The minimum atomic E-state index is -0.519. The highest BCUT2D eigenvalue weighted by atomic mass is 16.3. The SMILES string of the molecule is O=C1C=CC(=O)C(O)=C1.O=C1C=CC(=O)C=C1. The Bertz CT molecular complexity index is 465. The van der Waals surface area contributed by atoms with Gasteiger partial charge in [-0.25, -0.2) is 0 Å². The summed E-state index contributed by atoms with van der Waals surface area (Å²) in [6.45, 7) is 0. The van der Waals surface area contributed by atoms with Crippen molar-refractivity contribution in [2.75, 3.05) is 0 Å². The summed E-state index contributed by atoms with van der Waals surface area (Å²) in [6.07, 6.45) is 8.05. The Balaban J connectivity index is 0.000000171. The summed E-state index contributed by atoms with van der Waals surface area (Å²) >= 11 is 0. The molecule has 0 bridgehead atoms. The van der Waals surface area contributed by atoms with Crippen LogP contribution in [-0.4, -0.2) is 28.2 Å². The summed E-state index contributed by atoms with van der Waals surface area (Å²) < 4.78 is 0. The Morgan fingerprint density at radius 2 is 1.06 bits per heavy atom. The molecular formula is C12H8O5. The third kappa shape index (κ3) is 4.21. The van der Waals surface area contributed by atoms with Crippen LogP contribution in [0.25, 0.3) is 0 Å². The largest absolute Gasteiger partial charge is 0.504 e. The van der Waals surface area contributed by atoms with Gasteiger partial charge in [-0.1, -0.05) is 0 Å². The molecular weight excluding hydrogens is 224 g/mol. The van der Waals surface area contributed by atoms with E-state index in [1.165, 1.54) is 24.3 Å². The minimum absolute atomic E-state index is 0.121. The van der Waals surface area contributed by atoms with Gasteiger partial charge in [-0.2, -0.15) is 0 Å². The van der Waals surface area contributed by atoms with Gasteiger partial charge in [0, 0.05) is 6.08 Å². The third-order valence-electron chi connectivity index (χ3n) is 1.75. The third-order valence-corrected chi connectivity index (χ3v) is 1.75. The molecule has 0 amide bonds. The molecule has 2 rings (SSSR count). The van der Waals surface area contributed by atoms with Crippen molar-refractivity contribution in [1.82, 2.24) is 0 Å². The maximum absolute atomic E-state index is 10.4. The van der Waals surface area contributed by atoms with Crippen molar-refractivity contribution in [2.24, 2.45) is 0 Å². The molecule has 86 valence electrons. The van der Waals surface area contributed by atoms with E-state index in [1.807, 2.05) is 0 Å². The van der Waals surface area contributed by atoms with Crippen LogP contribution in [0.3, 0.4) is 0 Å². The van der Waals surface area contributed by atoms with Crippen LogP contribution >= 0.6 is 0 Å². The fraction of sp³-hybridized carbons (Fsp3) is 0. The van der Waals surface area contributed by atoms with Crippen LogP contribution in [0, 0.1) is 0 Å². The first-order valence-corrected chi connectivity index (χ1v) is 4.60. The zero-order valence-electron chi connectivity index (χ0n) is 8.62. The van der Waals surface area contributed by atoms with E-state index in [9.17, 15) is 19.2 Å². The lowest BCUT2D eigenvalue weighted by Crippen LogP contribution is -2.05. The van der Waals surface area contributed by atoms with E-state index in [-0.39, 0.29) is 17.3 Å². The molecule has 0 heterocycles. The molecule has 2 aliphatic rings. The average molecular weight is 232 g/mol. The zero-order valence-corrected chi connectivity index (χ0v) is 8.62. The molecule has 0 radical (unpaired) electrons. The van der Waals surface area contributed by atoms with E-state index in [0.29, 0.717) is 0 Å². The second-order valence-corrected chi connectivity index (χ2v) is 3.10. The maximum atomic E-state index is 10.4. The first-order valence-electron chi connectivity index (χ1n) is 4.60. The number of aliphatic hydroxyl groups is 1. The van der Waals surface area contributed by atoms with Gasteiger partial charge in [0.15, 0.2) is 23.1 Å². The van der Waals surface area contributed by atoms with Crippen LogP contribution in [0.1, 0.15) is 0 Å². The van der Waals surface area contributed by atoms with Gasteiger partial charge < -0.3 is 5.11 Å². The highest BCUT2D eigenvalue weighted by molar-refractivity contribution is 6.16. The lowest BCUT2D eigenvalue weighted by Gasteiger charge is -1.95. The fourth-order valence-corrected chi connectivity index (χ4v) is 0.937. The van der Waals surface area contributed by atoms with Crippen molar-refractivity contribution in [3.63, 3.8) is 0 Å². The van der Waals surface area contributed by atoms with Gasteiger partial charge in [0.1, 0.15) is 0 Å². The summed E-state index contributed by atoms with van der Waals surface area (Å²) in [5.74, 6) is -1.60. The lowest BCUT2D eigenvalue weighted by atomic mass is 10.1. The molecule has 0 fully saturated rings. The topological polar surface area (TPSA) is 88.5 Å². The normalized spacial score (nSPS) is 17.8. The Labute approximate surface area is 96.4 Å².